The Morgan fingerprint density at radius 3 is 1.74 bits per heavy atom. The average Bonchev–Trinajstić information content (AvgIpc) is 2.86. The molecule has 0 saturated carbocycles. The second kappa shape index (κ2) is 24.1. The van der Waals surface area contributed by atoms with Gasteiger partial charge in [0.15, 0.2) is 0 Å². The maximum atomic E-state index is 12.6. The molecule has 8 nitrogen and oxygen atoms in total. The quantitative estimate of drug-likeness (QED) is 0.0624. The van der Waals surface area contributed by atoms with Gasteiger partial charge in [0.25, 0.3) is 7.82 Å². The standard InChI is InChI=1S/C30H63N2O6P/c1-6-8-10-12-14-16-17-19-21-23-29(33)28(27-38-39(35,36)37-26-25-32(3,4)5)31-30(34)24-22-20-18-15-13-11-9-7-2/h28-29,33H,6-27H2,1-5H3,(H-,31,34,35,36)/t28-,29+/m0/s1. The third-order valence-electron chi connectivity index (χ3n) is 7.10. The Morgan fingerprint density at radius 1 is 0.795 bits per heavy atom. The molecule has 0 aliphatic rings. The van der Waals surface area contributed by atoms with E-state index < -0.39 is 20.0 Å². The fraction of sp³-hybridized carbons (Fsp3) is 0.967. The fourth-order valence-corrected chi connectivity index (χ4v) is 5.17. The van der Waals surface area contributed by atoms with E-state index in [1.54, 1.807) is 0 Å². The van der Waals surface area contributed by atoms with Crippen LogP contribution in [0, 0.1) is 0 Å². The molecule has 9 heteroatoms. The van der Waals surface area contributed by atoms with Crippen molar-refractivity contribution in [3.05, 3.63) is 0 Å². The first-order chi connectivity index (χ1) is 18.5. The summed E-state index contributed by atoms with van der Waals surface area (Å²) in [5.41, 5.74) is 0. The van der Waals surface area contributed by atoms with E-state index in [1.165, 1.54) is 70.6 Å². The van der Waals surface area contributed by atoms with Gasteiger partial charge >= 0.3 is 0 Å². The predicted molar refractivity (Wildman–Crippen MR) is 159 cm³/mol. The predicted octanol–water partition coefficient (Wildman–Crippen LogP) is 6.49. The first-order valence-electron chi connectivity index (χ1n) is 15.9. The summed E-state index contributed by atoms with van der Waals surface area (Å²) in [7, 11) is 1.30. The second-order valence-corrected chi connectivity index (χ2v) is 13.6. The van der Waals surface area contributed by atoms with Crippen LogP contribution in [0.2, 0.25) is 0 Å². The SMILES string of the molecule is CCCCCCCCCCC[C@@H](O)[C@H](COP(=O)([O-])OCC[N+](C)(C)C)NC(=O)CCCCCCCCCC. The van der Waals surface area contributed by atoms with Crippen molar-refractivity contribution in [2.45, 2.75) is 148 Å². The van der Waals surface area contributed by atoms with Crippen LogP contribution in [-0.2, 0) is 18.4 Å². The third kappa shape index (κ3) is 26.2. The number of phosphoric acid groups is 1. The molecule has 234 valence electrons. The summed E-state index contributed by atoms with van der Waals surface area (Å²) < 4.78 is 22.9. The van der Waals surface area contributed by atoms with Crippen LogP contribution in [0.25, 0.3) is 0 Å². The highest BCUT2D eigenvalue weighted by molar-refractivity contribution is 7.45. The van der Waals surface area contributed by atoms with Gasteiger partial charge in [0.05, 0.1) is 39.9 Å². The first-order valence-corrected chi connectivity index (χ1v) is 17.3. The molecule has 2 N–H and O–H groups in total. The van der Waals surface area contributed by atoms with Crippen molar-refractivity contribution in [1.82, 2.24) is 5.32 Å². The Morgan fingerprint density at radius 2 is 1.26 bits per heavy atom. The number of hydrogen-bond acceptors (Lipinski definition) is 6. The fourth-order valence-electron chi connectivity index (χ4n) is 4.45. The lowest BCUT2D eigenvalue weighted by Gasteiger charge is -2.30. The highest BCUT2D eigenvalue weighted by Gasteiger charge is 2.24. The molecular formula is C30H63N2O6P. The summed E-state index contributed by atoms with van der Waals surface area (Å²) >= 11 is 0. The molecule has 39 heavy (non-hydrogen) atoms. The van der Waals surface area contributed by atoms with E-state index >= 15 is 0 Å². The molecule has 0 aliphatic carbocycles. The Bertz CT molecular complexity index is 629. The normalized spacial score (nSPS) is 15.2. The smallest absolute Gasteiger partial charge is 0.268 e. The maximum Gasteiger partial charge on any atom is 0.268 e. The zero-order valence-corrected chi connectivity index (χ0v) is 27.0. The number of aliphatic hydroxyl groups excluding tert-OH is 1. The Kier molecular flexibility index (Phi) is 23.8. The van der Waals surface area contributed by atoms with Crippen LogP contribution in [-0.4, -0.2) is 68.5 Å². The molecule has 0 rings (SSSR count). The largest absolute Gasteiger partial charge is 0.756 e. The van der Waals surface area contributed by atoms with Gasteiger partial charge in [-0.15, -0.1) is 0 Å². The summed E-state index contributed by atoms with van der Waals surface area (Å²) in [4.78, 5) is 24.9. The van der Waals surface area contributed by atoms with Gasteiger partial charge < -0.3 is 28.8 Å². The van der Waals surface area contributed by atoms with E-state index in [1.807, 2.05) is 21.1 Å². The topological polar surface area (TPSA) is 108 Å². The molecular weight excluding hydrogens is 515 g/mol. The van der Waals surface area contributed by atoms with Crippen LogP contribution in [0.15, 0.2) is 0 Å². The minimum absolute atomic E-state index is 0.0146. The Labute approximate surface area is 240 Å². The number of carbonyl (C=O) groups is 1. The molecule has 0 saturated heterocycles. The lowest BCUT2D eigenvalue weighted by Crippen LogP contribution is -2.46. The number of nitrogens with zero attached hydrogens (tertiary/aromatic N) is 1. The number of carbonyl (C=O) groups excluding carboxylic acids is 1. The summed E-state index contributed by atoms with van der Waals surface area (Å²) in [5, 5.41) is 13.7. The molecule has 0 radical (unpaired) electrons. The maximum absolute atomic E-state index is 12.6. The molecule has 1 amide bonds. The van der Waals surface area contributed by atoms with Gasteiger partial charge in [-0.3, -0.25) is 9.36 Å². The van der Waals surface area contributed by atoms with Gasteiger partial charge in [-0.1, -0.05) is 117 Å². The summed E-state index contributed by atoms with van der Waals surface area (Å²) in [6, 6.07) is -0.787. The molecule has 0 aromatic heterocycles. The van der Waals surface area contributed by atoms with Crippen LogP contribution in [0.1, 0.15) is 136 Å². The summed E-state index contributed by atoms with van der Waals surface area (Å²) in [6.07, 6.45) is 19.7. The number of unbranched alkanes of at least 4 members (excludes halogenated alkanes) is 15. The van der Waals surface area contributed by atoms with Crippen LogP contribution in [0.4, 0.5) is 0 Å². The molecule has 3 atom stereocenters. The van der Waals surface area contributed by atoms with Crippen molar-refractivity contribution >= 4 is 13.7 Å². The Balaban J connectivity index is 4.58. The van der Waals surface area contributed by atoms with Gasteiger partial charge in [0.1, 0.15) is 13.2 Å². The number of phosphoric ester groups is 1. The van der Waals surface area contributed by atoms with Gasteiger partial charge in [0.2, 0.25) is 5.91 Å². The van der Waals surface area contributed by atoms with Gasteiger partial charge in [-0.2, -0.15) is 0 Å². The summed E-state index contributed by atoms with van der Waals surface area (Å²) in [5.74, 6) is -0.174. The van der Waals surface area contributed by atoms with Crippen molar-refractivity contribution < 1.29 is 32.9 Å². The third-order valence-corrected chi connectivity index (χ3v) is 8.06. The highest BCUT2D eigenvalue weighted by Crippen LogP contribution is 2.38. The zero-order chi connectivity index (χ0) is 29.4. The van der Waals surface area contributed by atoms with E-state index in [0.717, 1.165) is 38.5 Å². The van der Waals surface area contributed by atoms with E-state index in [2.05, 4.69) is 19.2 Å². The van der Waals surface area contributed by atoms with Gasteiger partial charge in [-0.25, -0.2) is 0 Å². The van der Waals surface area contributed by atoms with Crippen molar-refractivity contribution in [3.8, 4) is 0 Å². The number of amides is 1. The average molecular weight is 579 g/mol. The molecule has 0 aliphatic heterocycles. The minimum Gasteiger partial charge on any atom is -0.756 e. The number of rotatable bonds is 28. The first kappa shape index (κ1) is 38.5. The number of nitrogens with one attached hydrogen (secondary N) is 1. The van der Waals surface area contributed by atoms with Crippen LogP contribution >= 0.6 is 7.82 Å². The molecule has 0 heterocycles. The monoisotopic (exact) mass is 578 g/mol. The number of likely N-dealkylation sites (N-methyl/N-ethyl adjacent to an activating group) is 1. The lowest BCUT2D eigenvalue weighted by atomic mass is 10.0. The highest BCUT2D eigenvalue weighted by atomic mass is 31.2. The van der Waals surface area contributed by atoms with Crippen LogP contribution in [0.5, 0.6) is 0 Å². The number of hydrogen-bond donors (Lipinski definition) is 2. The molecule has 0 aromatic rings. The number of quaternary nitrogens is 1. The van der Waals surface area contributed by atoms with E-state index in [0.29, 0.717) is 23.9 Å². The molecule has 1 unspecified atom stereocenters. The van der Waals surface area contributed by atoms with E-state index in [-0.39, 0.29) is 19.1 Å². The molecule has 0 spiro atoms. The van der Waals surface area contributed by atoms with Gasteiger partial charge in [-0.05, 0) is 12.8 Å². The van der Waals surface area contributed by atoms with Crippen molar-refractivity contribution in [2.75, 3.05) is 40.9 Å². The van der Waals surface area contributed by atoms with Crippen LogP contribution in [0.3, 0.4) is 0 Å². The van der Waals surface area contributed by atoms with Gasteiger partial charge in [0, 0.05) is 6.42 Å². The van der Waals surface area contributed by atoms with Crippen molar-refractivity contribution in [3.63, 3.8) is 0 Å². The van der Waals surface area contributed by atoms with Crippen molar-refractivity contribution in [2.24, 2.45) is 0 Å². The Hall–Kier alpha value is -0.500. The van der Waals surface area contributed by atoms with E-state index in [4.69, 9.17) is 9.05 Å². The molecule has 0 fully saturated rings. The number of aliphatic hydroxyl groups is 1. The van der Waals surface area contributed by atoms with Crippen LogP contribution < -0.4 is 10.2 Å². The molecule has 0 bridgehead atoms. The van der Waals surface area contributed by atoms with E-state index in [9.17, 15) is 19.4 Å². The molecule has 0 aromatic carbocycles. The zero-order valence-electron chi connectivity index (χ0n) is 26.1. The lowest BCUT2D eigenvalue weighted by molar-refractivity contribution is -0.870. The minimum atomic E-state index is -4.53. The van der Waals surface area contributed by atoms with Crippen molar-refractivity contribution in [1.29, 1.82) is 0 Å². The second-order valence-electron chi connectivity index (χ2n) is 12.2. The summed E-state index contributed by atoms with van der Waals surface area (Å²) in [6.45, 7) is 4.63.